The van der Waals surface area contributed by atoms with Crippen LogP contribution in [-0.4, -0.2) is 29.3 Å². The van der Waals surface area contributed by atoms with Gasteiger partial charge in [0, 0.05) is 18.7 Å². The molecule has 0 spiro atoms. The molecule has 0 unspecified atom stereocenters. The molecule has 0 bridgehead atoms. The molecule has 1 aromatic heterocycles. The number of aromatic amines is 1. The molecule has 0 saturated carbocycles. The minimum Gasteiger partial charge on any atom is -0.490 e. The number of aryl methyl sites for hydroxylation is 4. The van der Waals surface area contributed by atoms with Crippen LogP contribution in [0.3, 0.4) is 0 Å². The Balaban J connectivity index is 1.58. The predicted molar refractivity (Wildman–Crippen MR) is 113 cm³/mol. The number of aliphatic hydroxyl groups excluding tert-OH is 1. The highest BCUT2D eigenvalue weighted by molar-refractivity contribution is 5.82. The van der Waals surface area contributed by atoms with Crippen LogP contribution in [0.1, 0.15) is 27.8 Å². The van der Waals surface area contributed by atoms with Crippen LogP contribution in [0.15, 0.2) is 41.2 Å². The molecule has 3 aromatic rings. The average Bonchev–Trinajstić information content (AvgIpc) is 2.62. The van der Waals surface area contributed by atoms with Crippen molar-refractivity contribution in [2.24, 2.45) is 0 Å². The summed E-state index contributed by atoms with van der Waals surface area (Å²) in [6, 6.07) is 12.0. The van der Waals surface area contributed by atoms with E-state index in [4.69, 9.17) is 4.74 Å². The van der Waals surface area contributed by atoms with E-state index in [1.807, 2.05) is 52.0 Å². The van der Waals surface area contributed by atoms with Crippen LogP contribution in [0.4, 0.5) is 0 Å². The van der Waals surface area contributed by atoms with Crippen molar-refractivity contribution < 1.29 is 9.84 Å². The first kappa shape index (κ1) is 20.1. The third-order valence-corrected chi connectivity index (χ3v) is 4.89. The maximum absolute atomic E-state index is 12.3. The fraction of sp³-hybridized carbons (Fsp3) is 0.348. The standard InChI is InChI=1S/C23H28N2O3/c1-14-8-17(4)21-18(9-14)10-19(23(27)25-21)11-24-12-20(26)13-28-22-15(2)6-5-7-16(22)3/h5-10,20,24,26H,11-13H2,1-4H3,(H,25,27)/t20-/m0/s1. The first-order valence-electron chi connectivity index (χ1n) is 9.56. The molecule has 0 aliphatic rings. The summed E-state index contributed by atoms with van der Waals surface area (Å²) in [5, 5.41) is 14.4. The summed E-state index contributed by atoms with van der Waals surface area (Å²) in [4.78, 5) is 15.3. The molecule has 0 aliphatic heterocycles. The van der Waals surface area contributed by atoms with Crippen molar-refractivity contribution in [2.45, 2.75) is 40.3 Å². The van der Waals surface area contributed by atoms with Crippen LogP contribution in [0.2, 0.25) is 0 Å². The van der Waals surface area contributed by atoms with E-state index in [1.54, 1.807) is 0 Å². The number of aliphatic hydroxyl groups is 1. The van der Waals surface area contributed by atoms with Crippen molar-refractivity contribution in [1.29, 1.82) is 0 Å². The molecule has 3 N–H and O–H groups in total. The number of hydrogen-bond acceptors (Lipinski definition) is 4. The van der Waals surface area contributed by atoms with Crippen LogP contribution in [-0.2, 0) is 6.54 Å². The molecule has 2 aromatic carbocycles. The minimum atomic E-state index is -0.664. The third-order valence-electron chi connectivity index (χ3n) is 4.89. The van der Waals surface area contributed by atoms with Gasteiger partial charge in [-0.25, -0.2) is 0 Å². The maximum Gasteiger partial charge on any atom is 0.252 e. The number of benzene rings is 2. The van der Waals surface area contributed by atoms with Gasteiger partial charge in [-0.05, 0) is 61.9 Å². The average molecular weight is 380 g/mol. The van der Waals surface area contributed by atoms with E-state index < -0.39 is 6.10 Å². The number of fused-ring (bicyclic) bond motifs is 1. The van der Waals surface area contributed by atoms with E-state index in [0.29, 0.717) is 18.7 Å². The SMILES string of the molecule is Cc1cc(C)c2[nH]c(=O)c(CNC[C@H](O)COc3c(C)cccc3C)cc2c1. The van der Waals surface area contributed by atoms with Crippen LogP contribution in [0, 0.1) is 27.7 Å². The summed E-state index contributed by atoms with van der Waals surface area (Å²) in [5.74, 6) is 0.818. The van der Waals surface area contributed by atoms with Gasteiger partial charge in [-0.1, -0.05) is 29.8 Å². The Morgan fingerprint density at radius 1 is 1.07 bits per heavy atom. The number of hydrogen-bond donors (Lipinski definition) is 3. The van der Waals surface area contributed by atoms with Gasteiger partial charge in [-0.3, -0.25) is 4.79 Å². The van der Waals surface area contributed by atoms with Crippen molar-refractivity contribution in [3.05, 3.63) is 74.6 Å². The Morgan fingerprint density at radius 3 is 2.50 bits per heavy atom. The van der Waals surface area contributed by atoms with Crippen molar-refractivity contribution >= 4 is 10.9 Å². The summed E-state index contributed by atoms with van der Waals surface area (Å²) < 4.78 is 5.78. The molecular weight excluding hydrogens is 352 g/mol. The number of para-hydroxylation sites is 1. The van der Waals surface area contributed by atoms with E-state index in [0.717, 1.165) is 38.9 Å². The normalized spacial score (nSPS) is 12.3. The Labute approximate surface area is 165 Å². The molecular formula is C23H28N2O3. The van der Waals surface area contributed by atoms with E-state index in [-0.39, 0.29) is 12.2 Å². The largest absolute Gasteiger partial charge is 0.490 e. The third kappa shape index (κ3) is 4.61. The van der Waals surface area contributed by atoms with Gasteiger partial charge in [0.05, 0.1) is 5.52 Å². The molecule has 3 rings (SSSR count). The molecule has 5 nitrogen and oxygen atoms in total. The van der Waals surface area contributed by atoms with Crippen LogP contribution >= 0.6 is 0 Å². The summed E-state index contributed by atoms with van der Waals surface area (Å²) in [7, 11) is 0. The second kappa shape index (κ2) is 8.59. The topological polar surface area (TPSA) is 74.4 Å². The highest BCUT2D eigenvalue weighted by Crippen LogP contribution is 2.22. The zero-order valence-electron chi connectivity index (χ0n) is 16.9. The van der Waals surface area contributed by atoms with Crippen molar-refractivity contribution in [3.63, 3.8) is 0 Å². The Hall–Kier alpha value is -2.63. The molecule has 0 fully saturated rings. The second-order valence-electron chi connectivity index (χ2n) is 7.49. The van der Waals surface area contributed by atoms with E-state index >= 15 is 0 Å². The number of nitrogens with one attached hydrogen (secondary N) is 2. The number of H-pyrrole nitrogens is 1. The molecule has 0 amide bonds. The van der Waals surface area contributed by atoms with E-state index in [2.05, 4.69) is 22.4 Å². The van der Waals surface area contributed by atoms with Crippen molar-refractivity contribution in [1.82, 2.24) is 10.3 Å². The van der Waals surface area contributed by atoms with Gasteiger partial charge >= 0.3 is 0 Å². The fourth-order valence-electron chi connectivity index (χ4n) is 3.50. The second-order valence-corrected chi connectivity index (χ2v) is 7.49. The maximum atomic E-state index is 12.3. The van der Waals surface area contributed by atoms with Gasteiger partial charge in [0.1, 0.15) is 18.5 Å². The zero-order chi connectivity index (χ0) is 20.3. The van der Waals surface area contributed by atoms with Gasteiger partial charge in [-0.2, -0.15) is 0 Å². The van der Waals surface area contributed by atoms with Crippen molar-refractivity contribution in [2.75, 3.05) is 13.2 Å². The highest BCUT2D eigenvalue weighted by atomic mass is 16.5. The van der Waals surface area contributed by atoms with Crippen molar-refractivity contribution in [3.8, 4) is 5.75 Å². The number of ether oxygens (including phenoxy) is 1. The molecule has 1 atom stereocenters. The first-order chi connectivity index (χ1) is 13.3. The Bertz CT molecular complexity index is 1020. The predicted octanol–water partition coefficient (Wildman–Crippen LogP) is 3.29. The lowest BCUT2D eigenvalue weighted by molar-refractivity contribution is 0.105. The van der Waals surface area contributed by atoms with Crippen LogP contribution < -0.4 is 15.6 Å². The fourth-order valence-corrected chi connectivity index (χ4v) is 3.50. The summed E-state index contributed by atoms with van der Waals surface area (Å²) in [6.45, 7) is 8.95. The molecule has 0 radical (unpaired) electrons. The van der Waals surface area contributed by atoms with E-state index in [1.165, 1.54) is 0 Å². The molecule has 148 valence electrons. The lowest BCUT2D eigenvalue weighted by Gasteiger charge is -2.16. The Morgan fingerprint density at radius 2 is 1.79 bits per heavy atom. The highest BCUT2D eigenvalue weighted by Gasteiger charge is 2.10. The molecule has 1 heterocycles. The lowest BCUT2D eigenvalue weighted by atomic mass is 10.1. The number of pyridine rings is 1. The number of rotatable bonds is 7. The van der Waals surface area contributed by atoms with Gasteiger partial charge < -0.3 is 20.1 Å². The smallest absolute Gasteiger partial charge is 0.252 e. The summed E-state index contributed by atoms with van der Waals surface area (Å²) in [6.07, 6.45) is -0.664. The monoisotopic (exact) mass is 380 g/mol. The first-order valence-corrected chi connectivity index (χ1v) is 9.56. The molecule has 0 saturated heterocycles. The zero-order valence-corrected chi connectivity index (χ0v) is 16.9. The lowest BCUT2D eigenvalue weighted by Crippen LogP contribution is -2.32. The molecule has 28 heavy (non-hydrogen) atoms. The molecule has 5 heteroatoms. The minimum absolute atomic E-state index is 0.103. The quantitative estimate of drug-likeness (QED) is 0.588. The van der Waals surface area contributed by atoms with Gasteiger partial charge in [0.2, 0.25) is 0 Å². The van der Waals surface area contributed by atoms with E-state index in [9.17, 15) is 9.90 Å². The number of aromatic nitrogens is 1. The van der Waals surface area contributed by atoms with Gasteiger partial charge in [0.15, 0.2) is 0 Å². The van der Waals surface area contributed by atoms with Crippen LogP contribution in [0.25, 0.3) is 10.9 Å². The summed E-state index contributed by atoms with van der Waals surface area (Å²) >= 11 is 0. The van der Waals surface area contributed by atoms with Crippen LogP contribution in [0.5, 0.6) is 5.75 Å². The van der Waals surface area contributed by atoms with Gasteiger partial charge in [0.25, 0.3) is 5.56 Å². The summed E-state index contributed by atoms with van der Waals surface area (Å²) in [5.41, 5.74) is 5.75. The molecule has 0 aliphatic carbocycles. The van der Waals surface area contributed by atoms with Gasteiger partial charge in [-0.15, -0.1) is 0 Å². The Kier molecular flexibility index (Phi) is 6.17.